The Balaban J connectivity index is 1.41. The number of halogens is 4. The molecule has 0 saturated carbocycles. The van der Waals surface area contributed by atoms with E-state index in [0.29, 0.717) is 41.8 Å². The van der Waals surface area contributed by atoms with E-state index in [1.807, 2.05) is 0 Å². The number of carbonyl (C=O) groups is 1. The Morgan fingerprint density at radius 1 is 1.09 bits per heavy atom. The van der Waals surface area contributed by atoms with Crippen molar-refractivity contribution in [2.75, 3.05) is 0 Å². The van der Waals surface area contributed by atoms with Gasteiger partial charge in [0.05, 0.1) is 30.7 Å². The predicted octanol–water partition coefficient (Wildman–Crippen LogP) is 7.41. The third-order valence-corrected chi connectivity index (χ3v) is 6.31. The van der Waals surface area contributed by atoms with Crippen LogP contribution < -0.4 is 10.2 Å². The molecular weight excluding hydrogens is 585 g/mol. The number of hydrogen-bond donors (Lipinski definition) is 1. The summed E-state index contributed by atoms with van der Waals surface area (Å²) >= 11 is 21.7. The van der Waals surface area contributed by atoms with Gasteiger partial charge in [-0.25, -0.2) is 5.43 Å². The van der Waals surface area contributed by atoms with Crippen molar-refractivity contribution in [3.8, 4) is 5.75 Å². The van der Waals surface area contributed by atoms with Gasteiger partial charge in [0.15, 0.2) is 11.5 Å². The zero-order valence-corrected chi connectivity index (χ0v) is 21.3. The van der Waals surface area contributed by atoms with Gasteiger partial charge in [0.1, 0.15) is 12.2 Å². The van der Waals surface area contributed by atoms with Crippen molar-refractivity contribution in [1.29, 1.82) is 0 Å². The van der Waals surface area contributed by atoms with E-state index in [1.54, 1.807) is 30.3 Å². The van der Waals surface area contributed by atoms with E-state index in [0.717, 1.165) is 5.56 Å². The molecule has 0 aliphatic carbocycles. The molecule has 0 saturated heterocycles. The first kappa shape index (κ1) is 25.0. The van der Waals surface area contributed by atoms with Gasteiger partial charge in [-0.15, -0.1) is 0 Å². The largest absolute Gasteiger partial charge is 0.486 e. The lowest BCUT2D eigenvalue weighted by Crippen LogP contribution is -2.16. The molecule has 4 rings (SSSR count). The average molecular weight is 598 g/mol. The summed E-state index contributed by atoms with van der Waals surface area (Å²) in [6.45, 7) is 0.222. The van der Waals surface area contributed by atoms with Gasteiger partial charge < -0.3 is 9.15 Å². The number of nitrogens with zero attached hydrogens (tertiary/aromatic N) is 2. The zero-order chi connectivity index (χ0) is 25.1. The first-order chi connectivity index (χ1) is 16.7. The number of furan rings is 1. The highest BCUT2D eigenvalue weighted by atomic mass is 79.9. The summed E-state index contributed by atoms with van der Waals surface area (Å²) in [6, 6.07) is 14.0. The van der Waals surface area contributed by atoms with Crippen LogP contribution in [0.1, 0.15) is 21.7 Å². The second-order valence-electron chi connectivity index (χ2n) is 7.14. The van der Waals surface area contributed by atoms with Crippen molar-refractivity contribution in [2.24, 2.45) is 5.10 Å². The maximum atomic E-state index is 12.4. The van der Waals surface area contributed by atoms with Crippen molar-refractivity contribution >= 4 is 79.5 Å². The molecule has 3 aromatic carbocycles. The Morgan fingerprint density at radius 3 is 2.60 bits per heavy atom. The number of ether oxygens (including phenoxy) is 1. The molecule has 0 atom stereocenters. The maximum absolute atomic E-state index is 12.4. The first-order valence-corrected chi connectivity index (χ1v) is 11.7. The van der Waals surface area contributed by atoms with E-state index in [-0.39, 0.29) is 18.1 Å². The highest BCUT2D eigenvalue weighted by Gasteiger charge is 2.15. The lowest BCUT2D eigenvalue weighted by Gasteiger charge is -2.11. The Kier molecular flexibility index (Phi) is 7.61. The summed E-state index contributed by atoms with van der Waals surface area (Å²) < 4.78 is 11.8. The summed E-state index contributed by atoms with van der Waals surface area (Å²) in [6.07, 6.45) is 1.39. The Labute approximate surface area is 221 Å². The summed E-state index contributed by atoms with van der Waals surface area (Å²) in [5.41, 5.74) is 3.99. The number of hydrazone groups is 1. The van der Waals surface area contributed by atoms with E-state index in [4.69, 9.17) is 44.0 Å². The van der Waals surface area contributed by atoms with Gasteiger partial charge in [0.2, 0.25) is 0 Å². The van der Waals surface area contributed by atoms with Crippen LogP contribution in [-0.2, 0) is 6.61 Å². The molecule has 0 radical (unpaired) electrons. The second kappa shape index (κ2) is 10.7. The minimum Gasteiger partial charge on any atom is -0.486 e. The van der Waals surface area contributed by atoms with Crippen LogP contribution in [0, 0.1) is 10.1 Å². The fourth-order valence-electron chi connectivity index (χ4n) is 3.05. The molecule has 8 nitrogen and oxygen atoms in total. The number of hydrogen-bond acceptors (Lipinski definition) is 6. The number of non-ortho nitro benzene ring substituents is 1. The number of fused-ring (bicyclic) bond motifs is 1. The second-order valence-corrected chi connectivity index (χ2v) is 9.22. The lowest BCUT2D eigenvalue weighted by molar-refractivity contribution is -0.384. The van der Waals surface area contributed by atoms with Crippen molar-refractivity contribution in [1.82, 2.24) is 5.43 Å². The average Bonchev–Trinajstić information content (AvgIpc) is 3.24. The van der Waals surface area contributed by atoms with Gasteiger partial charge in [-0.1, -0.05) is 40.9 Å². The molecule has 0 fully saturated rings. The number of amides is 1. The molecule has 1 amide bonds. The van der Waals surface area contributed by atoms with E-state index in [2.05, 4.69) is 26.5 Å². The quantitative estimate of drug-likeness (QED) is 0.136. The normalized spacial score (nSPS) is 11.2. The fraction of sp³-hybridized carbons (Fsp3) is 0.0435. The Hall–Kier alpha value is -3.11. The molecule has 178 valence electrons. The molecule has 0 spiro atoms. The molecule has 1 heterocycles. The van der Waals surface area contributed by atoms with Crippen LogP contribution in [-0.4, -0.2) is 17.0 Å². The van der Waals surface area contributed by atoms with E-state index in [9.17, 15) is 14.9 Å². The SMILES string of the molecule is O=C(N/N=C/c1cc(Cl)c(OCc2ccc(Cl)c(Cl)c2)c(Br)c1)c1cc2cc([N+](=O)[O-])ccc2o1. The van der Waals surface area contributed by atoms with Crippen molar-refractivity contribution in [2.45, 2.75) is 6.61 Å². The molecule has 1 aromatic heterocycles. The Morgan fingerprint density at radius 2 is 1.89 bits per heavy atom. The van der Waals surface area contributed by atoms with Gasteiger partial charge in [-0.3, -0.25) is 14.9 Å². The van der Waals surface area contributed by atoms with Gasteiger partial charge in [-0.2, -0.15) is 5.10 Å². The minimum atomic E-state index is -0.619. The summed E-state index contributed by atoms with van der Waals surface area (Å²) in [5.74, 6) is -0.231. The highest BCUT2D eigenvalue weighted by Crippen LogP contribution is 2.35. The van der Waals surface area contributed by atoms with Crippen LogP contribution >= 0.6 is 50.7 Å². The van der Waals surface area contributed by atoms with Gasteiger partial charge in [0, 0.05) is 17.5 Å². The van der Waals surface area contributed by atoms with Crippen LogP contribution in [0.2, 0.25) is 15.1 Å². The van der Waals surface area contributed by atoms with Crippen LogP contribution in [0.25, 0.3) is 11.0 Å². The van der Waals surface area contributed by atoms with E-state index < -0.39 is 10.8 Å². The highest BCUT2D eigenvalue weighted by molar-refractivity contribution is 9.10. The van der Waals surface area contributed by atoms with Crippen LogP contribution in [0.3, 0.4) is 0 Å². The molecule has 4 aromatic rings. The third-order valence-electron chi connectivity index (χ3n) is 4.70. The van der Waals surface area contributed by atoms with Crippen LogP contribution in [0.5, 0.6) is 5.75 Å². The molecule has 12 heteroatoms. The number of nitro groups is 1. The lowest BCUT2D eigenvalue weighted by atomic mass is 10.2. The molecule has 1 N–H and O–H groups in total. The monoisotopic (exact) mass is 595 g/mol. The topological polar surface area (TPSA) is 107 Å². The number of carbonyl (C=O) groups excluding carboxylic acids is 1. The van der Waals surface area contributed by atoms with Crippen molar-refractivity contribution < 1.29 is 18.9 Å². The van der Waals surface area contributed by atoms with Crippen molar-refractivity contribution in [3.05, 3.63) is 101 Å². The van der Waals surface area contributed by atoms with Gasteiger partial charge >= 0.3 is 5.91 Å². The van der Waals surface area contributed by atoms with E-state index >= 15 is 0 Å². The predicted molar refractivity (Wildman–Crippen MR) is 138 cm³/mol. The number of nitrogens with one attached hydrogen (secondary N) is 1. The first-order valence-electron chi connectivity index (χ1n) is 9.78. The summed E-state index contributed by atoms with van der Waals surface area (Å²) in [7, 11) is 0. The molecule has 0 aliphatic rings. The smallest absolute Gasteiger partial charge is 0.307 e. The molecule has 0 aliphatic heterocycles. The Bertz CT molecular complexity index is 1470. The van der Waals surface area contributed by atoms with E-state index in [1.165, 1.54) is 30.5 Å². The van der Waals surface area contributed by atoms with Gasteiger partial charge in [0.25, 0.3) is 5.69 Å². The summed E-state index contributed by atoms with van der Waals surface area (Å²) in [4.78, 5) is 22.7. The minimum absolute atomic E-state index is 0.0390. The maximum Gasteiger partial charge on any atom is 0.307 e. The fourth-order valence-corrected chi connectivity index (χ4v) is 4.36. The third kappa shape index (κ3) is 5.94. The molecule has 35 heavy (non-hydrogen) atoms. The molecule has 0 unspecified atom stereocenters. The van der Waals surface area contributed by atoms with Gasteiger partial charge in [-0.05, 0) is 63.5 Å². The summed E-state index contributed by atoms with van der Waals surface area (Å²) in [5, 5.41) is 16.5. The standard InChI is InChI=1S/C23H13BrCl3N3O5/c24-16-5-13(7-19(27)22(16)34-11-12-1-3-17(25)18(26)6-12)10-28-29-23(31)21-9-14-8-15(30(32)33)2-4-20(14)35-21/h1-10H,11H2,(H,29,31)/b28-10+. The molecule has 0 bridgehead atoms. The van der Waals surface area contributed by atoms with Crippen molar-refractivity contribution in [3.63, 3.8) is 0 Å². The molecular formula is C23H13BrCl3N3O5. The number of nitro benzene ring substituents is 1. The van der Waals surface area contributed by atoms with Crippen LogP contribution in [0.15, 0.2) is 68.6 Å². The van der Waals surface area contributed by atoms with Crippen LogP contribution in [0.4, 0.5) is 5.69 Å². The zero-order valence-electron chi connectivity index (χ0n) is 17.4. The number of rotatable bonds is 7. The number of benzene rings is 3.